The van der Waals surface area contributed by atoms with E-state index in [1.54, 1.807) is 4.68 Å². The summed E-state index contributed by atoms with van der Waals surface area (Å²) in [6.07, 6.45) is 1.82. The number of benzene rings is 1. The summed E-state index contributed by atoms with van der Waals surface area (Å²) in [7, 11) is 0. The first-order valence-electron chi connectivity index (χ1n) is 3.52. The average Bonchev–Trinajstić information content (AvgIpc) is 2.47. The van der Waals surface area contributed by atoms with Gasteiger partial charge in [0.1, 0.15) is 0 Å². The molecule has 0 aliphatic rings. The van der Waals surface area contributed by atoms with Crippen LogP contribution in [0, 0.1) is 0 Å². The summed E-state index contributed by atoms with van der Waals surface area (Å²) >= 11 is 0. The highest BCUT2D eigenvalue weighted by atomic mass is 15.3. The molecule has 3 nitrogen and oxygen atoms in total. The predicted molar refractivity (Wildman–Crippen MR) is 43.9 cm³/mol. The molecule has 0 fully saturated rings. The Morgan fingerprint density at radius 2 is 2.18 bits per heavy atom. The fourth-order valence-electron chi connectivity index (χ4n) is 1.17. The minimum absolute atomic E-state index is 0.438. The first-order chi connectivity index (χ1) is 5.42. The number of fused-ring (bicyclic) bond motifs is 1. The highest BCUT2D eigenvalue weighted by Crippen LogP contribution is 2.10. The van der Waals surface area contributed by atoms with Crippen molar-refractivity contribution >= 4 is 10.9 Å². The van der Waals surface area contributed by atoms with E-state index in [1.807, 2.05) is 30.5 Å². The van der Waals surface area contributed by atoms with E-state index in [0.29, 0.717) is 6.67 Å². The van der Waals surface area contributed by atoms with Crippen LogP contribution in [0.15, 0.2) is 30.5 Å². The lowest BCUT2D eigenvalue weighted by Gasteiger charge is -1.95. The number of nitrogens with zero attached hydrogens (tertiary/aromatic N) is 2. The number of nitrogens with two attached hydrogens (primary N) is 1. The zero-order valence-electron chi connectivity index (χ0n) is 6.07. The summed E-state index contributed by atoms with van der Waals surface area (Å²) in [6.45, 7) is 0.438. The molecule has 2 aromatic rings. The third-order valence-electron chi connectivity index (χ3n) is 1.72. The van der Waals surface area contributed by atoms with Crippen molar-refractivity contribution in [2.45, 2.75) is 6.67 Å². The monoisotopic (exact) mass is 147 g/mol. The van der Waals surface area contributed by atoms with Gasteiger partial charge in [0.05, 0.1) is 18.4 Å². The van der Waals surface area contributed by atoms with Crippen LogP contribution in [0.1, 0.15) is 0 Å². The zero-order chi connectivity index (χ0) is 7.68. The third-order valence-corrected chi connectivity index (χ3v) is 1.72. The molecule has 0 aliphatic heterocycles. The lowest BCUT2D eigenvalue weighted by molar-refractivity contribution is 0.661. The van der Waals surface area contributed by atoms with Crippen molar-refractivity contribution in [2.75, 3.05) is 0 Å². The van der Waals surface area contributed by atoms with E-state index >= 15 is 0 Å². The Bertz CT molecular complexity index is 364. The number of hydrogen-bond donors (Lipinski definition) is 1. The van der Waals surface area contributed by atoms with Crippen molar-refractivity contribution in [3.8, 4) is 0 Å². The molecule has 0 unspecified atom stereocenters. The number of rotatable bonds is 1. The Balaban J connectivity index is 2.76. The van der Waals surface area contributed by atoms with E-state index < -0.39 is 0 Å². The second-order valence-corrected chi connectivity index (χ2v) is 2.39. The first kappa shape index (κ1) is 6.37. The van der Waals surface area contributed by atoms with Gasteiger partial charge in [0.15, 0.2) is 0 Å². The molecule has 11 heavy (non-hydrogen) atoms. The van der Waals surface area contributed by atoms with Gasteiger partial charge in [-0.15, -0.1) is 0 Å². The molecule has 0 spiro atoms. The summed E-state index contributed by atoms with van der Waals surface area (Å²) in [5.74, 6) is 0. The lowest BCUT2D eigenvalue weighted by atomic mass is 10.3. The SMILES string of the molecule is NCn1ncc2ccccc21. The van der Waals surface area contributed by atoms with Crippen LogP contribution in [0.2, 0.25) is 0 Å². The minimum Gasteiger partial charge on any atom is -0.312 e. The molecular formula is C8H9N3. The summed E-state index contributed by atoms with van der Waals surface area (Å²) < 4.78 is 1.77. The Labute approximate surface area is 64.4 Å². The summed E-state index contributed by atoms with van der Waals surface area (Å²) in [4.78, 5) is 0. The molecular weight excluding hydrogens is 138 g/mol. The van der Waals surface area contributed by atoms with Crippen LogP contribution < -0.4 is 5.73 Å². The zero-order valence-corrected chi connectivity index (χ0v) is 6.07. The number of hydrogen-bond acceptors (Lipinski definition) is 2. The van der Waals surface area contributed by atoms with E-state index in [0.717, 1.165) is 10.9 Å². The molecule has 0 atom stereocenters. The van der Waals surface area contributed by atoms with Crippen molar-refractivity contribution in [1.82, 2.24) is 9.78 Å². The van der Waals surface area contributed by atoms with Gasteiger partial charge in [0.25, 0.3) is 0 Å². The second-order valence-electron chi connectivity index (χ2n) is 2.39. The molecule has 0 radical (unpaired) electrons. The largest absolute Gasteiger partial charge is 0.312 e. The topological polar surface area (TPSA) is 43.8 Å². The van der Waals surface area contributed by atoms with Gasteiger partial charge >= 0.3 is 0 Å². The molecule has 1 aromatic carbocycles. The van der Waals surface area contributed by atoms with E-state index in [9.17, 15) is 0 Å². The van der Waals surface area contributed by atoms with Crippen molar-refractivity contribution < 1.29 is 0 Å². The maximum absolute atomic E-state index is 5.46. The fraction of sp³-hybridized carbons (Fsp3) is 0.125. The minimum atomic E-state index is 0.438. The summed E-state index contributed by atoms with van der Waals surface area (Å²) in [5.41, 5.74) is 6.55. The molecule has 0 saturated heterocycles. The number of para-hydroxylation sites is 1. The third kappa shape index (κ3) is 0.897. The Morgan fingerprint density at radius 1 is 1.36 bits per heavy atom. The van der Waals surface area contributed by atoms with Gasteiger partial charge < -0.3 is 5.73 Å². The number of aromatic nitrogens is 2. The van der Waals surface area contributed by atoms with Crippen LogP contribution in [0.25, 0.3) is 10.9 Å². The van der Waals surface area contributed by atoms with Gasteiger partial charge in [0.2, 0.25) is 0 Å². The van der Waals surface area contributed by atoms with Gasteiger partial charge in [-0.3, -0.25) is 4.68 Å². The van der Waals surface area contributed by atoms with Gasteiger partial charge in [0, 0.05) is 5.39 Å². The summed E-state index contributed by atoms with van der Waals surface area (Å²) in [5, 5.41) is 5.24. The maximum Gasteiger partial charge on any atom is 0.0886 e. The standard InChI is InChI=1S/C8H9N3/c9-6-11-8-4-2-1-3-7(8)5-10-11/h1-5H,6,9H2. The van der Waals surface area contributed by atoms with Crippen molar-refractivity contribution in [3.05, 3.63) is 30.5 Å². The van der Waals surface area contributed by atoms with Gasteiger partial charge in [-0.2, -0.15) is 5.10 Å². The fourth-order valence-corrected chi connectivity index (χ4v) is 1.17. The molecule has 0 bridgehead atoms. The van der Waals surface area contributed by atoms with Crippen LogP contribution in [-0.4, -0.2) is 9.78 Å². The normalized spacial score (nSPS) is 10.6. The van der Waals surface area contributed by atoms with Crippen molar-refractivity contribution in [1.29, 1.82) is 0 Å². The Morgan fingerprint density at radius 3 is 3.00 bits per heavy atom. The first-order valence-corrected chi connectivity index (χ1v) is 3.52. The van der Waals surface area contributed by atoms with Gasteiger partial charge in [-0.05, 0) is 6.07 Å². The average molecular weight is 147 g/mol. The van der Waals surface area contributed by atoms with Gasteiger partial charge in [-0.25, -0.2) is 0 Å². The maximum atomic E-state index is 5.46. The Hall–Kier alpha value is -1.35. The van der Waals surface area contributed by atoms with E-state index in [-0.39, 0.29) is 0 Å². The molecule has 2 N–H and O–H groups in total. The van der Waals surface area contributed by atoms with E-state index in [2.05, 4.69) is 5.10 Å². The second kappa shape index (κ2) is 2.36. The molecule has 2 rings (SSSR count). The molecule has 0 saturated carbocycles. The predicted octanol–water partition coefficient (Wildman–Crippen LogP) is 0.952. The van der Waals surface area contributed by atoms with Crippen molar-refractivity contribution in [2.24, 2.45) is 5.73 Å². The van der Waals surface area contributed by atoms with Crippen LogP contribution in [-0.2, 0) is 6.67 Å². The van der Waals surface area contributed by atoms with Crippen LogP contribution in [0.4, 0.5) is 0 Å². The molecule has 1 aromatic heterocycles. The van der Waals surface area contributed by atoms with Crippen LogP contribution in [0.3, 0.4) is 0 Å². The molecule has 0 amide bonds. The molecule has 3 heteroatoms. The van der Waals surface area contributed by atoms with Crippen molar-refractivity contribution in [3.63, 3.8) is 0 Å². The quantitative estimate of drug-likeness (QED) is 0.652. The lowest BCUT2D eigenvalue weighted by Crippen LogP contribution is -2.07. The van der Waals surface area contributed by atoms with Crippen LogP contribution >= 0.6 is 0 Å². The smallest absolute Gasteiger partial charge is 0.0886 e. The molecule has 0 aliphatic carbocycles. The highest BCUT2D eigenvalue weighted by Gasteiger charge is 1.96. The molecule has 56 valence electrons. The van der Waals surface area contributed by atoms with E-state index in [1.165, 1.54) is 0 Å². The van der Waals surface area contributed by atoms with Crippen LogP contribution in [0.5, 0.6) is 0 Å². The Kier molecular flexibility index (Phi) is 1.36. The summed E-state index contributed by atoms with van der Waals surface area (Å²) in [6, 6.07) is 8.00. The van der Waals surface area contributed by atoms with E-state index in [4.69, 9.17) is 5.73 Å². The van der Waals surface area contributed by atoms with Gasteiger partial charge in [-0.1, -0.05) is 18.2 Å². The highest BCUT2D eigenvalue weighted by molar-refractivity contribution is 5.78. The molecule has 1 heterocycles.